The van der Waals surface area contributed by atoms with Crippen molar-refractivity contribution in [2.75, 3.05) is 52.4 Å². The zero-order valence-electron chi connectivity index (χ0n) is 17.6. The number of halogens is 1. The molecule has 2 aromatic rings. The monoisotopic (exact) mass is 444 g/mol. The van der Waals surface area contributed by atoms with Gasteiger partial charge in [0.05, 0.1) is 19.1 Å². The molecule has 0 spiro atoms. The molecule has 0 bridgehead atoms. The van der Waals surface area contributed by atoms with Crippen LogP contribution in [0.5, 0.6) is 0 Å². The second kappa shape index (κ2) is 10.3. The SMILES string of the molecule is O=C(CN[C@H](c1ccc(F)cc1)c1cccs1)N1CCN(CC(=O)N2CCCC2)CC1. The Balaban J connectivity index is 1.28. The van der Waals surface area contributed by atoms with Crippen molar-refractivity contribution < 1.29 is 14.0 Å². The number of carbonyl (C=O) groups is 2. The van der Waals surface area contributed by atoms with E-state index < -0.39 is 0 Å². The van der Waals surface area contributed by atoms with Crippen LogP contribution in [0, 0.1) is 5.82 Å². The number of nitrogens with one attached hydrogen (secondary N) is 1. The zero-order valence-corrected chi connectivity index (χ0v) is 18.5. The molecule has 1 aromatic carbocycles. The maximum absolute atomic E-state index is 13.3. The summed E-state index contributed by atoms with van der Waals surface area (Å²) in [4.78, 5) is 32.2. The van der Waals surface area contributed by atoms with Crippen LogP contribution in [0.4, 0.5) is 4.39 Å². The maximum Gasteiger partial charge on any atom is 0.236 e. The van der Waals surface area contributed by atoms with Gasteiger partial charge in [-0.1, -0.05) is 18.2 Å². The van der Waals surface area contributed by atoms with Gasteiger partial charge in [0, 0.05) is 44.1 Å². The molecule has 8 heteroatoms. The molecule has 1 N–H and O–H groups in total. The maximum atomic E-state index is 13.3. The Morgan fingerprint density at radius 3 is 2.26 bits per heavy atom. The van der Waals surface area contributed by atoms with Gasteiger partial charge < -0.3 is 9.80 Å². The van der Waals surface area contributed by atoms with Gasteiger partial charge in [-0.2, -0.15) is 0 Å². The largest absolute Gasteiger partial charge is 0.342 e. The van der Waals surface area contributed by atoms with E-state index in [0.29, 0.717) is 19.6 Å². The molecule has 2 saturated heterocycles. The van der Waals surface area contributed by atoms with Crippen molar-refractivity contribution in [3.05, 3.63) is 58.0 Å². The molecule has 0 unspecified atom stereocenters. The molecular weight excluding hydrogens is 415 g/mol. The predicted molar refractivity (Wildman–Crippen MR) is 119 cm³/mol. The first kappa shape index (κ1) is 21.9. The van der Waals surface area contributed by atoms with E-state index >= 15 is 0 Å². The Hall–Kier alpha value is -2.29. The molecule has 1 atom stereocenters. The van der Waals surface area contributed by atoms with Crippen molar-refractivity contribution in [2.24, 2.45) is 0 Å². The Morgan fingerprint density at radius 2 is 1.61 bits per heavy atom. The quantitative estimate of drug-likeness (QED) is 0.712. The summed E-state index contributed by atoms with van der Waals surface area (Å²) in [5.74, 6) is -0.0166. The summed E-state index contributed by atoms with van der Waals surface area (Å²) in [7, 11) is 0. The Kier molecular flexibility index (Phi) is 7.32. The van der Waals surface area contributed by atoms with Gasteiger partial charge in [0.15, 0.2) is 0 Å². The molecule has 0 radical (unpaired) electrons. The van der Waals surface area contributed by atoms with Crippen molar-refractivity contribution in [2.45, 2.75) is 18.9 Å². The Morgan fingerprint density at radius 1 is 0.935 bits per heavy atom. The fourth-order valence-corrected chi connectivity index (χ4v) is 5.03. The van der Waals surface area contributed by atoms with Crippen LogP contribution in [0.2, 0.25) is 0 Å². The van der Waals surface area contributed by atoms with Crippen LogP contribution in [0.15, 0.2) is 41.8 Å². The number of benzene rings is 1. The van der Waals surface area contributed by atoms with Crippen molar-refractivity contribution >= 4 is 23.2 Å². The standard InChI is InChI=1S/C23H29FN4O2S/c24-19-7-5-18(6-8-19)23(20-4-3-15-31-20)25-16-21(29)28-13-11-26(12-14-28)17-22(30)27-9-1-2-10-27/h3-8,15,23,25H,1-2,9-14,16-17H2/t23-/m1/s1. The van der Waals surface area contributed by atoms with E-state index in [-0.39, 0.29) is 30.2 Å². The third kappa shape index (κ3) is 5.70. The molecule has 2 aliphatic rings. The van der Waals surface area contributed by atoms with Gasteiger partial charge in [0.25, 0.3) is 0 Å². The van der Waals surface area contributed by atoms with E-state index in [2.05, 4.69) is 10.2 Å². The van der Waals surface area contributed by atoms with E-state index in [9.17, 15) is 14.0 Å². The number of hydrogen-bond donors (Lipinski definition) is 1. The highest BCUT2D eigenvalue weighted by atomic mass is 32.1. The second-order valence-corrected chi connectivity index (χ2v) is 9.10. The summed E-state index contributed by atoms with van der Waals surface area (Å²) in [6.07, 6.45) is 2.21. The van der Waals surface area contributed by atoms with Crippen molar-refractivity contribution in [3.63, 3.8) is 0 Å². The van der Waals surface area contributed by atoms with Crippen LogP contribution in [-0.2, 0) is 9.59 Å². The van der Waals surface area contributed by atoms with Crippen LogP contribution in [0.3, 0.4) is 0 Å². The highest BCUT2D eigenvalue weighted by Crippen LogP contribution is 2.26. The number of rotatable bonds is 7. The van der Waals surface area contributed by atoms with E-state index in [0.717, 1.165) is 49.5 Å². The van der Waals surface area contributed by atoms with Gasteiger partial charge in [-0.25, -0.2) is 4.39 Å². The average molecular weight is 445 g/mol. The zero-order chi connectivity index (χ0) is 21.6. The number of amides is 2. The molecule has 31 heavy (non-hydrogen) atoms. The number of hydrogen-bond acceptors (Lipinski definition) is 5. The van der Waals surface area contributed by atoms with E-state index in [1.54, 1.807) is 23.5 Å². The van der Waals surface area contributed by atoms with E-state index in [4.69, 9.17) is 0 Å². The lowest BCUT2D eigenvalue weighted by Gasteiger charge is -2.35. The first-order chi connectivity index (χ1) is 15.1. The van der Waals surface area contributed by atoms with E-state index in [1.165, 1.54) is 12.1 Å². The van der Waals surface area contributed by atoms with Crippen LogP contribution >= 0.6 is 11.3 Å². The highest BCUT2D eigenvalue weighted by molar-refractivity contribution is 7.10. The minimum atomic E-state index is -0.272. The summed E-state index contributed by atoms with van der Waals surface area (Å²) in [5, 5.41) is 5.36. The second-order valence-electron chi connectivity index (χ2n) is 8.13. The fraction of sp³-hybridized carbons (Fsp3) is 0.478. The summed E-state index contributed by atoms with van der Waals surface area (Å²) in [5.41, 5.74) is 0.932. The summed E-state index contributed by atoms with van der Waals surface area (Å²) in [6.45, 7) is 5.13. The molecule has 2 aliphatic heterocycles. The lowest BCUT2D eigenvalue weighted by molar-refractivity contribution is -0.134. The minimum absolute atomic E-state index is 0.0502. The van der Waals surface area contributed by atoms with Crippen LogP contribution in [0.1, 0.15) is 29.3 Å². The fourth-order valence-electron chi connectivity index (χ4n) is 4.21. The van der Waals surface area contributed by atoms with Gasteiger partial charge >= 0.3 is 0 Å². The summed E-state index contributed by atoms with van der Waals surface area (Å²) < 4.78 is 13.3. The van der Waals surface area contributed by atoms with Crippen molar-refractivity contribution in [1.82, 2.24) is 20.0 Å². The number of likely N-dealkylation sites (tertiary alicyclic amines) is 1. The first-order valence-electron chi connectivity index (χ1n) is 10.9. The summed E-state index contributed by atoms with van der Waals surface area (Å²) in [6, 6.07) is 10.3. The lowest BCUT2D eigenvalue weighted by Crippen LogP contribution is -2.53. The van der Waals surface area contributed by atoms with Gasteiger partial charge in [-0.3, -0.25) is 19.8 Å². The molecule has 0 aliphatic carbocycles. The minimum Gasteiger partial charge on any atom is -0.342 e. The van der Waals surface area contributed by atoms with Gasteiger partial charge in [-0.15, -0.1) is 11.3 Å². The van der Waals surface area contributed by atoms with E-state index in [1.807, 2.05) is 27.3 Å². The third-order valence-corrected chi connectivity index (χ3v) is 6.97. The highest BCUT2D eigenvalue weighted by Gasteiger charge is 2.26. The summed E-state index contributed by atoms with van der Waals surface area (Å²) >= 11 is 1.61. The van der Waals surface area contributed by atoms with Gasteiger partial charge in [0.2, 0.25) is 11.8 Å². The molecular formula is C23H29FN4O2S. The molecule has 0 saturated carbocycles. The van der Waals surface area contributed by atoms with Crippen molar-refractivity contribution in [1.29, 1.82) is 0 Å². The number of carbonyl (C=O) groups excluding carboxylic acids is 2. The van der Waals surface area contributed by atoms with Crippen LogP contribution < -0.4 is 5.32 Å². The third-order valence-electron chi connectivity index (χ3n) is 6.03. The molecule has 2 amide bonds. The number of piperazine rings is 1. The van der Waals surface area contributed by atoms with Crippen LogP contribution in [0.25, 0.3) is 0 Å². The average Bonchev–Trinajstić information content (AvgIpc) is 3.50. The van der Waals surface area contributed by atoms with Gasteiger partial charge in [-0.05, 0) is 42.0 Å². The smallest absolute Gasteiger partial charge is 0.236 e. The molecule has 4 rings (SSSR count). The number of thiophene rings is 1. The van der Waals surface area contributed by atoms with Gasteiger partial charge in [0.1, 0.15) is 5.82 Å². The predicted octanol–water partition coefficient (Wildman–Crippen LogP) is 2.33. The molecule has 3 heterocycles. The lowest BCUT2D eigenvalue weighted by atomic mass is 10.1. The van der Waals surface area contributed by atoms with Crippen molar-refractivity contribution in [3.8, 4) is 0 Å². The topological polar surface area (TPSA) is 55.9 Å². The number of nitrogens with zero attached hydrogens (tertiary/aromatic N) is 3. The Labute approximate surface area is 186 Å². The normalized spacial score (nSPS) is 18.4. The molecule has 1 aromatic heterocycles. The first-order valence-corrected chi connectivity index (χ1v) is 11.8. The van der Waals surface area contributed by atoms with Crippen LogP contribution in [-0.4, -0.2) is 78.9 Å². The molecule has 6 nitrogen and oxygen atoms in total. The molecule has 2 fully saturated rings. The Bertz CT molecular complexity index is 860. The molecule has 166 valence electrons.